The molecule has 86 valence electrons. The molecule has 6 heteroatoms. The van der Waals surface area contributed by atoms with Gasteiger partial charge in [0.1, 0.15) is 6.54 Å². The van der Waals surface area contributed by atoms with Gasteiger partial charge in [0.2, 0.25) is 5.91 Å². The quantitative estimate of drug-likeness (QED) is 0.559. The van der Waals surface area contributed by atoms with Crippen LogP contribution in [-0.2, 0) is 4.79 Å². The van der Waals surface area contributed by atoms with Gasteiger partial charge in [-0.15, -0.1) is 0 Å². The summed E-state index contributed by atoms with van der Waals surface area (Å²) in [7, 11) is 0. The highest BCUT2D eigenvalue weighted by atomic mass is 16.3. The second-order valence-corrected chi connectivity index (χ2v) is 3.40. The molecule has 3 amide bonds. The van der Waals surface area contributed by atoms with Crippen molar-refractivity contribution < 1.29 is 19.8 Å². The Morgan fingerprint density at radius 3 is 2.27 bits per heavy atom. The molecule has 1 saturated heterocycles. The molecule has 1 fully saturated rings. The Hall–Kier alpha value is -1.14. The highest BCUT2D eigenvalue weighted by molar-refractivity contribution is 6.01. The first-order valence-electron chi connectivity index (χ1n) is 5.01. The van der Waals surface area contributed by atoms with E-state index in [-0.39, 0.29) is 38.2 Å². The molecular weight excluding hydrogens is 200 g/mol. The monoisotopic (exact) mass is 216 g/mol. The van der Waals surface area contributed by atoms with E-state index in [1.165, 1.54) is 4.90 Å². The summed E-state index contributed by atoms with van der Waals surface area (Å²) in [6.07, 6.45) is 0.887. The minimum Gasteiger partial charge on any atom is -0.396 e. The number of aliphatic hydroxyl groups is 2. The number of hydrogen-bond donors (Lipinski definition) is 2. The van der Waals surface area contributed by atoms with Crippen molar-refractivity contribution >= 4 is 11.9 Å². The first kappa shape index (κ1) is 11.9. The molecule has 15 heavy (non-hydrogen) atoms. The molecule has 1 heterocycles. The summed E-state index contributed by atoms with van der Waals surface area (Å²) < 4.78 is 0. The zero-order valence-electron chi connectivity index (χ0n) is 8.56. The van der Waals surface area contributed by atoms with Crippen LogP contribution >= 0.6 is 0 Å². The molecule has 2 N–H and O–H groups in total. The fourth-order valence-electron chi connectivity index (χ4n) is 1.48. The predicted molar refractivity (Wildman–Crippen MR) is 52.1 cm³/mol. The number of nitrogens with zero attached hydrogens (tertiary/aromatic N) is 2. The minimum absolute atomic E-state index is 0.00854. The van der Waals surface area contributed by atoms with Crippen molar-refractivity contribution in [1.29, 1.82) is 0 Å². The third kappa shape index (κ3) is 2.90. The molecule has 0 aromatic carbocycles. The van der Waals surface area contributed by atoms with Gasteiger partial charge in [0.25, 0.3) is 0 Å². The minimum atomic E-state index is -0.318. The van der Waals surface area contributed by atoms with Crippen molar-refractivity contribution in [2.24, 2.45) is 0 Å². The highest BCUT2D eigenvalue weighted by Gasteiger charge is 2.34. The Kier molecular flexibility index (Phi) is 4.51. The van der Waals surface area contributed by atoms with Crippen molar-refractivity contribution in [3.05, 3.63) is 0 Å². The van der Waals surface area contributed by atoms with E-state index in [1.807, 2.05) is 0 Å². The number of urea groups is 1. The largest absolute Gasteiger partial charge is 0.396 e. The lowest BCUT2D eigenvalue weighted by atomic mass is 10.4. The van der Waals surface area contributed by atoms with Crippen LogP contribution in [0.25, 0.3) is 0 Å². The third-order valence-electron chi connectivity index (χ3n) is 2.25. The molecule has 0 aromatic heterocycles. The maximum Gasteiger partial charge on any atom is 0.327 e. The van der Waals surface area contributed by atoms with E-state index in [4.69, 9.17) is 10.2 Å². The SMILES string of the molecule is O=C1CN(CCCO)C(=O)N1CCCO. The van der Waals surface area contributed by atoms with Crippen LogP contribution in [0.2, 0.25) is 0 Å². The van der Waals surface area contributed by atoms with E-state index >= 15 is 0 Å². The van der Waals surface area contributed by atoms with Crippen molar-refractivity contribution in [2.75, 3.05) is 32.8 Å². The maximum atomic E-state index is 11.6. The van der Waals surface area contributed by atoms with Crippen molar-refractivity contribution in [2.45, 2.75) is 12.8 Å². The van der Waals surface area contributed by atoms with Crippen LogP contribution < -0.4 is 0 Å². The van der Waals surface area contributed by atoms with Gasteiger partial charge < -0.3 is 15.1 Å². The molecular formula is C9H16N2O4. The summed E-state index contributed by atoms with van der Waals surface area (Å²) in [5.74, 6) is -0.230. The third-order valence-corrected chi connectivity index (χ3v) is 2.25. The molecule has 0 spiro atoms. The molecule has 1 aliphatic heterocycles. The maximum absolute atomic E-state index is 11.6. The van der Waals surface area contributed by atoms with Crippen LogP contribution in [0.1, 0.15) is 12.8 Å². The van der Waals surface area contributed by atoms with Crippen LogP contribution in [0, 0.1) is 0 Å². The van der Waals surface area contributed by atoms with E-state index in [0.717, 1.165) is 4.90 Å². The van der Waals surface area contributed by atoms with Crippen LogP contribution in [0.4, 0.5) is 4.79 Å². The number of carbonyl (C=O) groups is 2. The van der Waals surface area contributed by atoms with Gasteiger partial charge in [-0.25, -0.2) is 4.79 Å². The number of imide groups is 1. The van der Waals surface area contributed by atoms with Gasteiger partial charge in [0.15, 0.2) is 0 Å². The molecule has 0 aliphatic carbocycles. The Labute approximate surface area is 88.1 Å². The van der Waals surface area contributed by atoms with Gasteiger partial charge in [0.05, 0.1) is 0 Å². The number of hydrogen-bond acceptors (Lipinski definition) is 4. The molecule has 0 bridgehead atoms. The normalized spacial score (nSPS) is 16.7. The molecule has 0 radical (unpaired) electrons. The van der Waals surface area contributed by atoms with Crippen LogP contribution in [0.15, 0.2) is 0 Å². The first-order valence-corrected chi connectivity index (χ1v) is 5.01. The second-order valence-electron chi connectivity index (χ2n) is 3.40. The zero-order valence-corrected chi connectivity index (χ0v) is 8.56. The summed E-state index contributed by atoms with van der Waals surface area (Å²) in [4.78, 5) is 25.5. The summed E-state index contributed by atoms with van der Waals surface area (Å²) in [6.45, 7) is 0.729. The number of rotatable bonds is 6. The van der Waals surface area contributed by atoms with E-state index in [9.17, 15) is 9.59 Å². The van der Waals surface area contributed by atoms with Gasteiger partial charge in [-0.1, -0.05) is 0 Å². The average Bonchev–Trinajstić information content (AvgIpc) is 2.49. The summed E-state index contributed by atoms with van der Waals surface area (Å²) in [6, 6.07) is -0.318. The van der Waals surface area contributed by atoms with Gasteiger partial charge in [-0.2, -0.15) is 0 Å². The Balaban J connectivity index is 2.46. The van der Waals surface area contributed by atoms with E-state index in [2.05, 4.69) is 0 Å². The van der Waals surface area contributed by atoms with Crippen molar-refractivity contribution in [1.82, 2.24) is 9.80 Å². The summed E-state index contributed by atoms with van der Waals surface area (Å²) in [5, 5.41) is 17.2. The molecule has 6 nitrogen and oxygen atoms in total. The average molecular weight is 216 g/mol. The summed E-state index contributed by atoms with van der Waals surface area (Å²) in [5.41, 5.74) is 0. The highest BCUT2D eigenvalue weighted by Crippen LogP contribution is 2.10. The van der Waals surface area contributed by atoms with Gasteiger partial charge in [0, 0.05) is 26.3 Å². The standard InChI is InChI=1S/C9H16N2O4/c12-5-1-3-10-7-8(14)11(9(10)15)4-2-6-13/h12-13H,1-7H2. The van der Waals surface area contributed by atoms with Crippen LogP contribution in [-0.4, -0.2) is 64.8 Å². The Morgan fingerprint density at radius 1 is 1.07 bits per heavy atom. The lowest BCUT2D eigenvalue weighted by molar-refractivity contribution is -0.125. The molecule has 0 unspecified atom stereocenters. The number of carbonyl (C=O) groups excluding carboxylic acids is 2. The fourth-order valence-corrected chi connectivity index (χ4v) is 1.48. The number of aliphatic hydroxyl groups excluding tert-OH is 2. The lowest BCUT2D eigenvalue weighted by Gasteiger charge is -2.15. The van der Waals surface area contributed by atoms with E-state index in [1.54, 1.807) is 0 Å². The number of amides is 3. The Morgan fingerprint density at radius 2 is 1.67 bits per heavy atom. The molecule has 1 aliphatic rings. The van der Waals surface area contributed by atoms with Crippen molar-refractivity contribution in [3.8, 4) is 0 Å². The fraction of sp³-hybridized carbons (Fsp3) is 0.778. The molecule has 0 saturated carbocycles. The Bertz CT molecular complexity index is 244. The van der Waals surface area contributed by atoms with Crippen molar-refractivity contribution in [3.63, 3.8) is 0 Å². The van der Waals surface area contributed by atoms with Crippen LogP contribution in [0.5, 0.6) is 0 Å². The summed E-state index contributed by atoms with van der Waals surface area (Å²) >= 11 is 0. The molecule has 0 aromatic rings. The van der Waals surface area contributed by atoms with Gasteiger partial charge >= 0.3 is 6.03 Å². The second kappa shape index (κ2) is 5.67. The van der Waals surface area contributed by atoms with Crippen LogP contribution in [0.3, 0.4) is 0 Å². The van der Waals surface area contributed by atoms with E-state index in [0.29, 0.717) is 19.4 Å². The first-order chi connectivity index (χ1) is 7.20. The molecule has 1 rings (SSSR count). The van der Waals surface area contributed by atoms with Gasteiger partial charge in [-0.05, 0) is 12.8 Å². The van der Waals surface area contributed by atoms with Gasteiger partial charge in [-0.3, -0.25) is 9.69 Å². The smallest absolute Gasteiger partial charge is 0.327 e. The zero-order chi connectivity index (χ0) is 11.3. The lowest BCUT2D eigenvalue weighted by Crippen LogP contribution is -2.34. The van der Waals surface area contributed by atoms with E-state index < -0.39 is 0 Å². The topological polar surface area (TPSA) is 81.1 Å². The molecule has 0 atom stereocenters. The predicted octanol–water partition coefficient (Wildman–Crippen LogP) is -0.985.